The first-order valence-corrected chi connectivity index (χ1v) is 5.29. The average molecular weight is 227 g/mol. The van der Waals surface area contributed by atoms with Gasteiger partial charge in [0.05, 0.1) is 17.3 Å². The van der Waals surface area contributed by atoms with Crippen LogP contribution in [0.15, 0.2) is 24.3 Å². The van der Waals surface area contributed by atoms with Gasteiger partial charge < -0.3 is 5.32 Å². The van der Waals surface area contributed by atoms with E-state index in [1.54, 1.807) is 38.1 Å². The Hall–Kier alpha value is -2.33. The molecule has 1 amide bonds. The van der Waals surface area contributed by atoms with E-state index in [9.17, 15) is 4.79 Å². The Kier molecular flexibility index (Phi) is 3.85. The SMILES string of the molecule is CCC(C)(C#N)C(=O)Nc1ccccc1C#N. The van der Waals surface area contributed by atoms with Crippen LogP contribution in [0.1, 0.15) is 25.8 Å². The van der Waals surface area contributed by atoms with E-state index in [-0.39, 0.29) is 5.91 Å². The molecule has 0 aliphatic carbocycles. The first-order valence-electron chi connectivity index (χ1n) is 5.29. The monoisotopic (exact) mass is 227 g/mol. The third-order valence-electron chi connectivity index (χ3n) is 2.75. The molecular weight excluding hydrogens is 214 g/mol. The first kappa shape index (κ1) is 12.7. The van der Waals surface area contributed by atoms with E-state index in [2.05, 4.69) is 5.32 Å². The van der Waals surface area contributed by atoms with Gasteiger partial charge in [-0.25, -0.2) is 0 Å². The summed E-state index contributed by atoms with van der Waals surface area (Å²) in [6.07, 6.45) is 0.421. The number of para-hydroxylation sites is 1. The van der Waals surface area contributed by atoms with Crippen molar-refractivity contribution >= 4 is 11.6 Å². The van der Waals surface area contributed by atoms with E-state index in [0.717, 1.165) is 0 Å². The fourth-order valence-corrected chi connectivity index (χ4v) is 1.24. The fourth-order valence-electron chi connectivity index (χ4n) is 1.24. The molecule has 1 aromatic carbocycles. The van der Waals surface area contributed by atoms with Crippen LogP contribution in [-0.4, -0.2) is 5.91 Å². The van der Waals surface area contributed by atoms with Crippen LogP contribution in [0.5, 0.6) is 0 Å². The van der Waals surface area contributed by atoms with E-state index in [1.807, 2.05) is 12.1 Å². The summed E-state index contributed by atoms with van der Waals surface area (Å²) in [4.78, 5) is 11.9. The molecule has 1 atom stereocenters. The van der Waals surface area contributed by atoms with Crippen LogP contribution in [0.3, 0.4) is 0 Å². The maximum Gasteiger partial charge on any atom is 0.244 e. The molecule has 1 N–H and O–H groups in total. The molecule has 4 heteroatoms. The molecule has 0 aromatic heterocycles. The highest BCUT2D eigenvalue weighted by molar-refractivity contribution is 5.97. The van der Waals surface area contributed by atoms with Crippen LogP contribution in [-0.2, 0) is 4.79 Å². The zero-order valence-electron chi connectivity index (χ0n) is 9.82. The van der Waals surface area contributed by atoms with Gasteiger partial charge >= 0.3 is 0 Å². The van der Waals surface area contributed by atoms with Crippen molar-refractivity contribution in [3.05, 3.63) is 29.8 Å². The number of benzene rings is 1. The molecule has 86 valence electrons. The summed E-state index contributed by atoms with van der Waals surface area (Å²) in [5.74, 6) is -0.384. The number of carbonyl (C=O) groups excluding carboxylic acids is 1. The zero-order chi connectivity index (χ0) is 12.9. The predicted molar refractivity (Wildman–Crippen MR) is 63.8 cm³/mol. The highest BCUT2D eigenvalue weighted by Gasteiger charge is 2.31. The highest BCUT2D eigenvalue weighted by atomic mass is 16.2. The Morgan fingerprint density at radius 3 is 2.59 bits per heavy atom. The summed E-state index contributed by atoms with van der Waals surface area (Å²) in [6.45, 7) is 3.36. The fraction of sp³-hybridized carbons (Fsp3) is 0.308. The Balaban J connectivity index is 2.98. The molecule has 0 bridgehead atoms. The molecule has 0 spiro atoms. The van der Waals surface area contributed by atoms with E-state index in [4.69, 9.17) is 10.5 Å². The van der Waals surface area contributed by atoms with Crippen LogP contribution < -0.4 is 5.32 Å². The number of nitriles is 2. The molecule has 1 unspecified atom stereocenters. The van der Waals surface area contributed by atoms with Gasteiger partial charge in [-0.05, 0) is 25.5 Å². The largest absolute Gasteiger partial charge is 0.324 e. The van der Waals surface area contributed by atoms with Crippen LogP contribution in [0.25, 0.3) is 0 Å². The molecule has 4 nitrogen and oxygen atoms in total. The molecule has 1 rings (SSSR count). The van der Waals surface area contributed by atoms with Crippen LogP contribution in [0.2, 0.25) is 0 Å². The van der Waals surface area contributed by atoms with Gasteiger partial charge in [0.25, 0.3) is 0 Å². The van der Waals surface area contributed by atoms with Crippen molar-refractivity contribution in [3.8, 4) is 12.1 Å². The van der Waals surface area contributed by atoms with Crippen molar-refractivity contribution in [3.63, 3.8) is 0 Å². The first-order chi connectivity index (χ1) is 8.07. The van der Waals surface area contributed by atoms with Gasteiger partial charge in [0, 0.05) is 0 Å². The van der Waals surface area contributed by atoms with Crippen LogP contribution >= 0.6 is 0 Å². The van der Waals surface area contributed by atoms with E-state index < -0.39 is 5.41 Å². The highest BCUT2D eigenvalue weighted by Crippen LogP contribution is 2.23. The smallest absolute Gasteiger partial charge is 0.244 e. The van der Waals surface area contributed by atoms with Gasteiger partial charge in [-0.1, -0.05) is 19.1 Å². The second kappa shape index (κ2) is 5.14. The topological polar surface area (TPSA) is 76.7 Å². The predicted octanol–water partition coefficient (Wildman–Crippen LogP) is 2.44. The third kappa shape index (κ3) is 2.62. The third-order valence-corrected chi connectivity index (χ3v) is 2.75. The number of rotatable bonds is 3. The number of hydrogen-bond donors (Lipinski definition) is 1. The van der Waals surface area contributed by atoms with Crippen molar-refractivity contribution in [1.29, 1.82) is 10.5 Å². The minimum absolute atomic E-state index is 0.384. The molecular formula is C13H13N3O. The standard InChI is InChI=1S/C13H13N3O/c1-3-13(2,9-15)12(17)16-11-7-5-4-6-10(11)8-14/h4-7H,3H2,1-2H3,(H,16,17). The molecule has 0 aliphatic rings. The lowest BCUT2D eigenvalue weighted by Gasteiger charge is -2.18. The van der Waals surface area contributed by atoms with E-state index >= 15 is 0 Å². The van der Waals surface area contributed by atoms with Crippen molar-refractivity contribution in [2.24, 2.45) is 5.41 Å². The molecule has 1 aromatic rings. The van der Waals surface area contributed by atoms with Gasteiger partial charge in [-0.3, -0.25) is 4.79 Å². The molecule has 0 aliphatic heterocycles. The van der Waals surface area contributed by atoms with Gasteiger partial charge in [0.15, 0.2) is 0 Å². The van der Waals surface area contributed by atoms with Gasteiger partial charge in [0.1, 0.15) is 11.5 Å². The minimum Gasteiger partial charge on any atom is -0.324 e. The molecule has 0 radical (unpaired) electrons. The molecule has 17 heavy (non-hydrogen) atoms. The van der Waals surface area contributed by atoms with Crippen LogP contribution in [0.4, 0.5) is 5.69 Å². The number of amides is 1. The lowest BCUT2D eigenvalue weighted by molar-refractivity contribution is -0.122. The Morgan fingerprint density at radius 2 is 2.06 bits per heavy atom. The Labute approximate surface area is 100 Å². The lowest BCUT2D eigenvalue weighted by Crippen LogP contribution is -2.31. The van der Waals surface area contributed by atoms with E-state index in [1.165, 1.54) is 0 Å². The maximum absolute atomic E-state index is 11.9. The number of carbonyl (C=O) groups is 1. The quantitative estimate of drug-likeness (QED) is 0.861. The average Bonchev–Trinajstić information content (AvgIpc) is 2.38. The van der Waals surface area contributed by atoms with Crippen molar-refractivity contribution < 1.29 is 4.79 Å². The number of nitrogens with one attached hydrogen (secondary N) is 1. The second-order valence-electron chi connectivity index (χ2n) is 3.91. The van der Waals surface area contributed by atoms with Gasteiger partial charge in [0.2, 0.25) is 5.91 Å². The Bertz CT molecular complexity index is 510. The summed E-state index contributed by atoms with van der Waals surface area (Å²) in [5.41, 5.74) is -0.241. The zero-order valence-corrected chi connectivity index (χ0v) is 9.82. The van der Waals surface area contributed by atoms with Gasteiger partial charge in [-0.15, -0.1) is 0 Å². The molecule has 0 saturated carbocycles. The lowest BCUT2D eigenvalue weighted by atomic mass is 9.88. The number of nitrogens with zero attached hydrogens (tertiary/aromatic N) is 2. The van der Waals surface area contributed by atoms with Gasteiger partial charge in [-0.2, -0.15) is 10.5 Å². The van der Waals surface area contributed by atoms with Crippen molar-refractivity contribution in [2.75, 3.05) is 5.32 Å². The Morgan fingerprint density at radius 1 is 1.41 bits per heavy atom. The molecule has 0 saturated heterocycles. The number of hydrogen-bond acceptors (Lipinski definition) is 3. The summed E-state index contributed by atoms with van der Waals surface area (Å²) >= 11 is 0. The minimum atomic E-state index is -1.07. The summed E-state index contributed by atoms with van der Waals surface area (Å²) in [6, 6.07) is 10.7. The summed E-state index contributed by atoms with van der Waals surface area (Å²) in [7, 11) is 0. The number of anilines is 1. The maximum atomic E-state index is 11.9. The van der Waals surface area contributed by atoms with Crippen LogP contribution in [0, 0.1) is 28.1 Å². The second-order valence-corrected chi connectivity index (χ2v) is 3.91. The van der Waals surface area contributed by atoms with Crippen molar-refractivity contribution in [2.45, 2.75) is 20.3 Å². The molecule has 0 fully saturated rings. The summed E-state index contributed by atoms with van der Waals surface area (Å²) in [5, 5.41) is 20.5. The normalized spacial score (nSPS) is 12.9. The molecule has 0 heterocycles. The van der Waals surface area contributed by atoms with Crippen molar-refractivity contribution in [1.82, 2.24) is 0 Å². The van der Waals surface area contributed by atoms with E-state index in [0.29, 0.717) is 17.7 Å². The summed E-state index contributed by atoms with van der Waals surface area (Å²) < 4.78 is 0.